The van der Waals surface area contributed by atoms with Gasteiger partial charge in [-0.1, -0.05) is 84.9 Å². The lowest BCUT2D eigenvalue weighted by Crippen LogP contribution is -2.12. The summed E-state index contributed by atoms with van der Waals surface area (Å²) in [6.45, 7) is 8.75. The molecule has 0 aliphatic rings. The third-order valence-electron chi connectivity index (χ3n) is 9.63. The molecule has 8 aromatic rings. The van der Waals surface area contributed by atoms with E-state index in [1.165, 1.54) is 65.9 Å². The van der Waals surface area contributed by atoms with Gasteiger partial charge >= 0.3 is 0 Å². The molecule has 0 spiro atoms. The number of anilines is 6. The van der Waals surface area contributed by atoms with Crippen LogP contribution < -0.4 is 9.80 Å². The maximum Gasteiger partial charge on any atom is 0.0540 e. The van der Waals surface area contributed by atoms with Crippen molar-refractivity contribution in [3.8, 4) is 0 Å². The van der Waals surface area contributed by atoms with Crippen molar-refractivity contribution in [2.75, 3.05) is 9.80 Å². The van der Waals surface area contributed by atoms with E-state index in [1.54, 1.807) is 0 Å². The van der Waals surface area contributed by atoms with Gasteiger partial charge in [0.05, 0.1) is 11.4 Å². The Labute approximate surface area is 271 Å². The molecule has 0 amide bonds. The average molecular weight is 593 g/mol. The van der Waals surface area contributed by atoms with Crippen molar-refractivity contribution in [3.05, 3.63) is 168 Å². The highest BCUT2D eigenvalue weighted by atomic mass is 15.1. The van der Waals surface area contributed by atoms with Crippen LogP contribution in [0.4, 0.5) is 34.1 Å². The van der Waals surface area contributed by atoms with E-state index in [0.717, 1.165) is 22.7 Å². The van der Waals surface area contributed by atoms with Crippen LogP contribution in [0.25, 0.3) is 32.3 Å². The van der Waals surface area contributed by atoms with Crippen LogP contribution in [0.3, 0.4) is 0 Å². The van der Waals surface area contributed by atoms with Gasteiger partial charge in [0.1, 0.15) is 0 Å². The zero-order valence-electron chi connectivity index (χ0n) is 26.8. The molecule has 8 aromatic carbocycles. The van der Waals surface area contributed by atoms with Crippen molar-refractivity contribution in [2.24, 2.45) is 0 Å². The van der Waals surface area contributed by atoms with E-state index in [-0.39, 0.29) is 0 Å². The largest absolute Gasteiger partial charge is 0.310 e. The molecule has 8 rings (SSSR count). The molecule has 0 saturated heterocycles. The van der Waals surface area contributed by atoms with Gasteiger partial charge in [-0.2, -0.15) is 0 Å². The summed E-state index contributed by atoms with van der Waals surface area (Å²) in [5.41, 5.74) is 12.1. The monoisotopic (exact) mass is 592 g/mol. The predicted octanol–water partition coefficient (Wildman–Crippen LogP) is 12.8. The van der Waals surface area contributed by atoms with Crippen molar-refractivity contribution in [2.45, 2.75) is 27.7 Å². The number of nitrogens with zero attached hydrogens (tertiary/aromatic N) is 2. The van der Waals surface area contributed by atoms with Gasteiger partial charge in [0.2, 0.25) is 0 Å². The smallest absolute Gasteiger partial charge is 0.0540 e. The van der Waals surface area contributed by atoms with Crippen molar-refractivity contribution < 1.29 is 0 Å². The maximum atomic E-state index is 2.41. The van der Waals surface area contributed by atoms with Gasteiger partial charge in [-0.15, -0.1) is 0 Å². The topological polar surface area (TPSA) is 6.48 Å². The molecule has 222 valence electrons. The summed E-state index contributed by atoms with van der Waals surface area (Å²) in [5, 5.41) is 7.58. The van der Waals surface area contributed by atoms with Crippen LogP contribution in [-0.4, -0.2) is 0 Å². The summed E-state index contributed by atoms with van der Waals surface area (Å²) in [5.74, 6) is 0. The zero-order valence-corrected chi connectivity index (χ0v) is 26.8. The minimum Gasteiger partial charge on any atom is -0.310 e. The van der Waals surface area contributed by atoms with E-state index < -0.39 is 0 Å². The Kier molecular flexibility index (Phi) is 6.73. The van der Waals surface area contributed by atoms with Crippen LogP contribution in [-0.2, 0) is 0 Å². The molecule has 0 aliphatic carbocycles. The van der Waals surface area contributed by atoms with Gasteiger partial charge in [0.25, 0.3) is 0 Å². The second-order valence-electron chi connectivity index (χ2n) is 12.5. The molecule has 2 nitrogen and oxygen atoms in total. The van der Waals surface area contributed by atoms with Crippen LogP contribution in [0.2, 0.25) is 0 Å². The van der Waals surface area contributed by atoms with Crippen molar-refractivity contribution in [1.29, 1.82) is 0 Å². The summed E-state index contributed by atoms with van der Waals surface area (Å²) in [7, 11) is 0. The summed E-state index contributed by atoms with van der Waals surface area (Å²) >= 11 is 0. The Morgan fingerprint density at radius 3 is 1.11 bits per heavy atom. The van der Waals surface area contributed by atoms with Gasteiger partial charge < -0.3 is 9.80 Å². The second-order valence-corrected chi connectivity index (χ2v) is 12.5. The number of hydrogen-bond acceptors (Lipinski definition) is 2. The first-order valence-electron chi connectivity index (χ1n) is 16.0. The Morgan fingerprint density at radius 2 is 0.717 bits per heavy atom. The first-order valence-corrected chi connectivity index (χ1v) is 16.0. The zero-order chi connectivity index (χ0) is 31.4. The molecule has 0 N–H and O–H groups in total. The predicted molar refractivity (Wildman–Crippen MR) is 198 cm³/mol. The van der Waals surface area contributed by atoms with Gasteiger partial charge in [-0.25, -0.2) is 0 Å². The van der Waals surface area contributed by atoms with Crippen LogP contribution in [0.5, 0.6) is 0 Å². The number of hydrogen-bond donors (Lipinski definition) is 0. The van der Waals surface area contributed by atoms with E-state index in [2.05, 4.69) is 183 Å². The van der Waals surface area contributed by atoms with Crippen LogP contribution in [0.1, 0.15) is 22.3 Å². The van der Waals surface area contributed by atoms with Crippen LogP contribution in [0.15, 0.2) is 146 Å². The quantitative estimate of drug-likeness (QED) is 0.177. The lowest BCUT2D eigenvalue weighted by molar-refractivity contribution is 1.26. The molecule has 46 heavy (non-hydrogen) atoms. The Hall–Kier alpha value is -5.60. The fraction of sp³-hybridized carbons (Fsp3) is 0.0909. The van der Waals surface area contributed by atoms with Crippen LogP contribution in [0, 0.1) is 27.7 Å². The molecule has 0 bridgehead atoms. The van der Waals surface area contributed by atoms with E-state index >= 15 is 0 Å². The Bertz CT molecular complexity index is 2190. The number of para-hydroxylation sites is 2. The maximum absolute atomic E-state index is 2.41. The SMILES string of the molecule is Cc1ccc(N(c2ccccc2)c2ccc3ccc4c(N(c5ccccc5)c5ccc(C)c(C)c5)ccc5ccc2c3c54)cc1C. The molecule has 0 fully saturated rings. The van der Waals surface area contributed by atoms with Crippen molar-refractivity contribution >= 4 is 66.4 Å². The molecule has 0 saturated carbocycles. The third kappa shape index (κ3) is 4.57. The molecule has 0 aliphatic heterocycles. The normalized spacial score (nSPS) is 11.5. The van der Waals surface area contributed by atoms with E-state index in [1.807, 2.05) is 0 Å². The number of rotatable bonds is 6. The molecule has 0 aromatic heterocycles. The molecule has 0 radical (unpaired) electrons. The van der Waals surface area contributed by atoms with Crippen molar-refractivity contribution in [1.82, 2.24) is 0 Å². The second kappa shape index (κ2) is 11.1. The number of aryl methyl sites for hydroxylation is 4. The minimum atomic E-state index is 1.14. The summed E-state index contributed by atoms with van der Waals surface area (Å²) in [4.78, 5) is 4.81. The highest BCUT2D eigenvalue weighted by molar-refractivity contribution is 6.28. The molecule has 2 heteroatoms. The van der Waals surface area contributed by atoms with Gasteiger partial charge in [-0.3, -0.25) is 0 Å². The van der Waals surface area contributed by atoms with Gasteiger partial charge in [-0.05, 0) is 132 Å². The molecular formula is C44H36N2. The summed E-state index contributed by atoms with van der Waals surface area (Å²) in [6, 6.07) is 53.4. The summed E-state index contributed by atoms with van der Waals surface area (Å²) < 4.78 is 0. The molecular weight excluding hydrogens is 556 g/mol. The number of benzene rings is 8. The van der Waals surface area contributed by atoms with E-state index in [4.69, 9.17) is 0 Å². The fourth-order valence-corrected chi connectivity index (χ4v) is 6.90. The van der Waals surface area contributed by atoms with Crippen molar-refractivity contribution in [3.63, 3.8) is 0 Å². The van der Waals surface area contributed by atoms with Gasteiger partial charge in [0.15, 0.2) is 0 Å². The minimum absolute atomic E-state index is 1.14. The fourth-order valence-electron chi connectivity index (χ4n) is 6.90. The lowest BCUT2D eigenvalue weighted by Gasteiger charge is -2.29. The van der Waals surface area contributed by atoms with E-state index in [9.17, 15) is 0 Å². The lowest BCUT2D eigenvalue weighted by atomic mass is 9.91. The summed E-state index contributed by atoms with van der Waals surface area (Å²) in [6.07, 6.45) is 0. The average Bonchev–Trinajstić information content (AvgIpc) is 3.09. The van der Waals surface area contributed by atoms with Gasteiger partial charge in [0, 0.05) is 33.5 Å². The highest BCUT2D eigenvalue weighted by Gasteiger charge is 2.21. The molecule has 0 heterocycles. The highest BCUT2D eigenvalue weighted by Crippen LogP contribution is 2.47. The van der Waals surface area contributed by atoms with E-state index in [0.29, 0.717) is 0 Å². The Balaban J connectivity index is 1.41. The molecule has 0 atom stereocenters. The first kappa shape index (κ1) is 27.9. The molecule has 0 unspecified atom stereocenters. The van der Waals surface area contributed by atoms with Crippen LogP contribution >= 0.6 is 0 Å². The third-order valence-corrected chi connectivity index (χ3v) is 9.63. The Morgan fingerprint density at radius 1 is 0.326 bits per heavy atom. The standard InChI is InChI=1S/C44H36N2/c1-29-15-21-37(27-31(29)3)45(35-11-7-5-8-12-35)41-25-19-33-18-24-40-42(26-20-34-17-23-39(41)43(33)44(34)40)46(36-13-9-6-10-14-36)38-22-16-30(2)32(4)28-38/h5-28H,1-4H3. The first-order chi connectivity index (χ1) is 22.5.